The van der Waals surface area contributed by atoms with E-state index in [1.54, 1.807) is 53.3 Å². The maximum Gasteiger partial charge on any atom is 0.275 e. The van der Waals surface area contributed by atoms with Crippen LogP contribution in [0.3, 0.4) is 0 Å². The van der Waals surface area contributed by atoms with Crippen molar-refractivity contribution in [3.8, 4) is 5.75 Å². The SMILES string of the molecule is O=C(Nc1nn(Cc2ccc(Cl)cc2Cl)cc1Br)c1ccnn1COc1ccc(Cl)cc1. The van der Waals surface area contributed by atoms with Gasteiger partial charge >= 0.3 is 0 Å². The number of anilines is 1. The Hall–Kier alpha value is -2.52. The van der Waals surface area contributed by atoms with E-state index in [-0.39, 0.29) is 12.6 Å². The molecule has 4 aromatic rings. The number of nitrogens with one attached hydrogen (secondary N) is 1. The molecule has 4 rings (SSSR count). The standard InChI is InChI=1S/C21H15BrCl3N5O2/c22-17-11-29(10-13-1-2-15(24)9-18(13)25)28-20(17)27-21(31)19-7-8-26-30(19)12-32-16-5-3-14(23)4-6-16/h1-9,11H,10,12H2,(H,27,28,31). The van der Waals surface area contributed by atoms with Crippen molar-refractivity contribution in [2.45, 2.75) is 13.3 Å². The molecule has 0 spiro atoms. The van der Waals surface area contributed by atoms with Gasteiger partial charge < -0.3 is 10.1 Å². The van der Waals surface area contributed by atoms with Gasteiger partial charge in [0.05, 0.1) is 11.0 Å². The maximum absolute atomic E-state index is 12.8. The molecule has 0 bridgehead atoms. The van der Waals surface area contributed by atoms with Crippen LogP contribution in [0.5, 0.6) is 5.75 Å². The Balaban J connectivity index is 1.43. The third-order valence-corrected chi connectivity index (χ3v) is 5.83. The first-order valence-electron chi connectivity index (χ1n) is 9.27. The van der Waals surface area contributed by atoms with Crippen molar-refractivity contribution in [1.29, 1.82) is 0 Å². The minimum absolute atomic E-state index is 0.0576. The van der Waals surface area contributed by atoms with E-state index in [4.69, 9.17) is 39.5 Å². The molecule has 0 unspecified atom stereocenters. The van der Waals surface area contributed by atoms with E-state index in [2.05, 4.69) is 31.4 Å². The molecule has 32 heavy (non-hydrogen) atoms. The van der Waals surface area contributed by atoms with Gasteiger partial charge in [-0.1, -0.05) is 40.9 Å². The first-order valence-corrected chi connectivity index (χ1v) is 11.2. The number of hydrogen-bond donors (Lipinski definition) is 1. The Kier molecular flexibility index (Phi) is 7.05. The molecule has 2 heterocycles. The number of carbonyl (C=O) groups is 1. The van der Waals surface area contributed by atoms with Gasteiger partial charge in [-0.15, -0.1) is 0 Å². The fourth-order valence-electron chi connectivity index (χ4n) is 2.85. The predicted molar refractivity (Wildman–Crippen MR) is 128 cm³/mol. The monoisotopic (exact) mass is 553 g/mol. The van der Waals surface area contributed by atoms with Crippen molar-refractivity contribution < 1.29 is 9.53 Å². The molecule has 164 valence electrons. The number of aromatic nitrogens is 4. The number of halogens is 4. The van der Waals surface area contributed by atoms with Crippen LogP contribution in [0.4, 0.5) is 5.82 Å². The van der Waals surface area contributed by atoms with Crippen LogP contribution in [0.25, 0.3) is 0 Å². The first-order chi connectivity index (χ1) is 15.4. The van der Waals surface area contributed by atoms with Crippen LogP contribution in [0, 0.1) is 0 Å². The fourth-order valence-corrected chi connectivity index (χ4v) is 3.86. The van der Waals surface area contributed by atoms with Crippen molar-refractivity contribution in [2.24, 2.45) is 0 Å². The van der Waals surface area contributed by atoms with Gasteiger partial charge in [0.1, 0.15) is 11.4 Å². The molecular weight excluding hydrogens is 541 g/mol. The summed E-state index contributed by atoms with van der Waals surface area (Å²) in [5, 5.41) is 13.1. The zero-order valence-electron chi connectivity index (χ0n) is 16.3. The molecule has 2 aromatic heterocycles. The molecule has 1 N–H and O–H groups in total. The van der Waals surface area contributed by atoms with E-state index in [0.717, 1.165) is 5.56 Å². The minimum atomic E-state index is -0.377. The molecule has 0 atom stereocenters. The van der Waals surface area contributed by atoms with Crippen molar-refractivity contribution in [3.63, 3.8) is 0 Å². The van der Waals surface area contributed by atoms with E-state index in [1.165, 1.54) is 10.9 Å². The summed E-state index contributed by atoms with van der Waals surface area (Å²) in [6.07, 6.45) is 3.28. The number of benzene rings is 2. The Morgan fingerprint density at radius 1 is 1.06 bits per heavy atom. The van der Waals surface area contributed by atoms with Crippen molar-refractivity contribution >= 4 is 62.5 Å². The molecule has 0 saturated carbocycles. The molecule has 0 fully saturated rings. The number of ether oxygens (including phenoxy) is 1. The lowest BCUT2D eigenvalue weighted by Gasteiger charge is -2.09. The van der Waals surface area contributed by atoms with Crippen molar-refractivity contribution in [1.82, 2.24) is 19.6 Å². The van der Waals surface area contributed by atoms with Crippen LogP contribution in [0.15, 0.2) is 65.4 Å². The summed E-state index contributed by atoms with van der Waals surface area (Å²) in [5.41, 5.74) is 1.17. The summed E-state index contributed by atoms with van der Waals surface area (Å²) >= 11 is 21.5. The molecule has 0 aliphatic rings. The fraction of sp³-hybridized carbons (Fsp3) is 0.0952. The van der Waals surface area contributed by atoms with Gasteiger partial charge in [-0.2, -0.15) is 10.2 Å². The second-order valence-corrected chi connectivity index (χ2v) is 8.79. The molecule has 1 amide bonds. The Bertz CT molecular complexity index is 1260. The second-order valence-electron chi connectivity index (χ2n) is 6.66. The predicted octanol–water partition coefficient (Wildman–Crippen LogP) is 6.14. The number of carbonyl (C=O) groups excluding carboxylic acids is 1. The average Bonchev–Trinajstić information content (AvgIpc) is 3.36. The highest BCUT2D eigenvalue weighted by atomic mass is 79.9. The van der Waals surface area contributed by atoms with Gasteiger partial charge in [0.2, 0.25) is 0 Å². The lowest BCUT2D eigenvalue weighted by Crippen LogP contribution is -2.20. The summed E-state index contributed by atoms with van der Waals surface area (Å²) in [6.45, 7) is 0.472. The third kappa shape index (κ3) is 5.45. The molecule has 0 aliphatic heterocycles. The van der Waals surface area contributed by atoms with E-state index in [9.17, 15) is 4.79 Å². The van der Waals surface area contributed by atoms with Gasteiger partial charge in [-0.3, -0.25) is 9.48 Å². The molecule has 0 radical (unpaired) electrons. The minimum Gasteiger partial charge on any atom is -0.471 e. The zero-order chi connectivity index (χ0) is 22.7. The number of hydrogen-bond acceptors (Lipinski definition) is 4. The van der Waals surface area contributed by atoms with Gasteiger partial charge in [0.15, 0.2) is 12.5 Å². The summed E-state index contributed by atoms with van der Waals surface area (Å²) < 4.78 is 9.40. The summed E-state index contributed by atoms with van der Waals surface area (Å²) in [4.78, 5) is 12.8. The number of rotatable bonds is 7. The van der Waals surface area contributed by atoms with Crippen molar-refractivity contribution in [2.75, 3.05) is 5.32 Å². The lowest BCUT2D eigenvalue weighted by atomic mass is 10.2. The molecule has 2 aromatic carbocycles. The number of nitrogens with zero attached hydrogens (tertiary/aromatic N) is 4. The average molecular weight is 556 g/mol. The van der Waals surface area contributed by atoms with Crippen molar-refractivity contribution in [3.05, 3.63) is 91.7 Å². The Morgan fingerprint density at radius 3 is 2.56 bits per heavy atom. The highest BCUT2D eigenvalue weighted by Gasteiger charge is 2.17. The normalized spacial score (nSPS) is 10.9. The van der Waals surface area contributed by atoms with Gasteiger partial charge in [0, 0.05) is 27.5 Å². The Morgan fingerprint density at radius 2 is 1.81 bits per heavy atom. The third-order valence-electron chi connectivity index (χ3n) is 4.41. The Labute approximate surface area is 207 Å². The van der Waals surface area contributed by atoms with E-state index < -0.39 is 0 Å². The van der Waals surface area contributed by atoms with E-state index >= 15 is 0 Å². The second kappa shape index (κ2) is 9.95. The maximum atomic E-state index is 12.8. The molecule has 0 saturated heterocycles. The molecule has 0 aliphatic carbocycles. The van der Waals surface area contributed by atoms with Gasteiger partial charge in [-0.25, -0.2) is 4.68 Å². The van der Waals surface area contributed by atoms with Crippen LogP contribution >= 0.6 is 50.7 Å². The summed E-state index contributed by atoms with van der Waals surface area (Å²) in [7, 11) is 0. The van der Waals surface area contributed by atoms with Gasteiger partial charge in [-0.05, 0) is 64.0 Å². The zero-order valence-corrected chi connectivity index (χ0v) is 20.2. The van der Waals surface area contributed by atoms with E-state index in [0.29, 0.717) is 43.3 Å². The van der Waals surface area contributed by atoms with Crippen LogP contribution in [0.1, 0.15) is 16.1 Å². The van der Waals surface area contributed by atoms with Gasteiger partial charge in [0.25, 0.3) is 5.91 Å². The topological polar surface area (TPSA) is 74.0 Å². The van der Waals surface area contributed by atoms with Crippen LogP contribution in [-0.4, -0.2) is 25.5 Å². The number of amides is 1. The van der Waals surface area contributed by atoms with E-state index in [1.807, 2.05) is 6.07 Å². The largest absolute Gasteiger partial charge is 0.471 e. The lowest BCUT2D eigenvalue weighted by molar-refractivity contribution is 0.100. The summed E-state index contributed by atoms with van der Waals surface area (Å²) in [6, 6.07) is 13.8. The molecule has 11 heteroatoms. The molecule has 7 nitrogen and oxygen atoms in total. The molecular formula is C21H15BrCl3N5O2. The smallest absolute Gasteiger partial charge is 0.275 e. The summed E-state index contributed by atoms with van der Waals surface area (Å²) in [5.74, 6) is 0.600. The van der Waals surface area contributed by atoms with Crippen LogP contribution < -0.4 is 10.1 Å². The van der Waals surface area contributed by atoms with Crippen LogP contribution in [-0.2, 0) is 13.3 Å². The highest BCUT2D eigenvalue weighted by Crippen LogP contribution is 2.25. The first kappa shape index (κ1) is 22.7. The highest BCUT2D eigenvalue weighted by molar-refractivity contribution is 9.10. The van der Waals surface area contributed by atoms with Crippen LogP contribution in [0.2, 0.25) is 15.1 Å². The quantitative estimate of drug-likeness (QED) is 0.297.